The van der Waals surface area contributed by atoms with Gasteiger partial charge in [-0.2, -0.15) is 0 Å². The number of amides is 2. The van der Waals surface area contributed by atoms with Crippen molar-refractivity contribution in [3.05, 3.63) is 59.4 Å². The molecule has 1 aliphatic heterocycles. The third-order valence-corrected chi connectivity index (χ3v) is 4.54. The molecule has 1 N–H and O–H groups in total. The molecule has 1 aliphatic rings. The summed E-state index contributed by atoms with van der Waals surface area (Å²) in [5.41, 5.74) is 1.47. The number of nitrogens with one attached hydrogen (secondary N) is 1. The Morgan fingerprint density at radius 1 is 1.14 bits per heavy atom. The first-order chi connectivity index (χ1) is 13.5. The number of halogens is 1. The summed E-state index contributed by atoms with van der Waals surface area (Å²) in [6.07, 6.45) is 0.605. The van der Waals surface area contributed by atoms with Crippen molar-refractivity contribution in [2.45, 2.75) is 26.3 Å². The monoisotopic (exact) mass is 386 g/mol. The quantitative estimate of drug-likeness (QED) is 0.757. The summed E-state index contributed by atoms with van der Waals surface area (Å²) in [6, 6.07) is 12.0. The summed E-state index contributed by atoms with van der Waals surface area (Å²) in [7, 11) is 0. The Morgan fingerprint density at radius 3 is 2.71 bits per heavy atom. The second-order valence-electron chi connectivity index (χ2n) is 6.57. The Kier molecular flexibility index (Phi) is 6.47. The molecular weight excluding hydrogens is 363 g/mol. The maximum absolute atomic E-state index is 13.6. The number of hydrogen-bond acceptors (Lipinski definition) is 4. The minimum absolute atomic E-state index is 0.114. The largest absolute Gasteiger partial charge is 0.454 e. The number of fused-ring (bicyclic) bond motifs is 1. The van der Waals surface area contributed by atoms with Gasteiger partial charge >= 0.3 is 0 Å². The lowest BCUT2D eigenvalue weighted by Crippen LogP contribution is -2.34. The summed E-state index contributed by atoms with van der Waals surface area (Å²) >= 11 is 0. The normalized spacial score (nSPS) is 11.9. The highest BCUT2D eigenvalue weighted by Crippen LogP contribution is 2.32. The average Bonchev–Trinajstić information content (AvgIpc) is 3.14. The van der Waals surface area contributed by atoms with Gasteiger partial charge in [-0.3, -0.25) is 9.59 Å². The van der Waals surface area contributed by atoms with E-state index < -0.39 is 0 Å². The first kappa shape index (κ1) is 19.7. The molecule has 2 aromatic rings. The minimum atomic E-state index is -0.275. The highest BCUT2D eigenvalue weighted by Gasteiger charge is 2.16. The van der Waals surface area contributed by atoms with Gasteiger partial charge < -0.3 is 19.7 Å². The van der Waals surface area contributed by atoms with E-state index in [-0.39, 0.29) is 30.8 Å². The van der Waals surface area contributed by atoms with Crippen LogP contribution in [0.2, 0.25) is 0 Å². The molecule has 0 atom stereocenters. The van der Waals surface area contributed by atoms with Crippen LogP contribution in [0.15, 0.2) is 42.5 Å². The van der Waals surface area contributed by atoms with Crippen molar-refractivity contribution >= 4 is 11.8 Å². The first-order valence-corrected chi connectivity index (χ1v) is 9.17. The van der Waals surface area contributed by atoms with E-state index in [0.717, 1.165) is 5.56 Å². The summed E-state index contributed by atoms with van der Waals surface area (Å²) in [5, 5.41) is 2.77. The molecule has 1 heterocycles. The summed E-state index contributed by atoms with van der Waals surface area (Å²) in [4.78, 5) is 25.6. The van der Waals surface area contributed by atoms with E-state index in [9.17, 15) is 14.0 Å². The Hall–Kier alpha value is -3.09. The van der Waals surface area contributed by atoms with Crippen LogP contribution >= 0.6 is 0 Å². The van der Waals surface area contributed by atoms with Gasteiger partial charge in [-0.1, -0.05) is 24.3 Å². The predicted octanol–water partition coefficient (Wildman–Crippen LogP) is 2.65. The molecule has 0 bridgehead atoms. The Labute approximate surface area is 163 Å². The number of carbonyl (C=O) groups excluding carboxylic acids is 2. The molecule has 0 unspecified atom stereocenters. The van der Waals surface area contributed by atoms with Gasteiger partial charge in [0.25, 0.3) is 0 Å². The standard InChI is InChI=1S/C21H23FN2O4/c1-15(25)24(13-16-6-7-19-20(12-16)28-14-27-19)11-9-21(26)23-10-8-17-4-2-3-5-18(17)22/h2-7,12H,8-11,13-14H2,1H3,(H,23,26). The van der Waals surface area contributed by atoms with Crippen LogP contribution in [0.3, 0.4) is 0 Å². The van der Waals surface area contributed by atoms with Crippen molar-refractivity contribution in [1.82, 2.24) is 10.2 Å². The maximum Gasteiger partial charge on any atom is 0.231 e. The van der Waals surface area contributed by atoms with Crippen LogP contribution in [-0.4, -0.2) is 36.6 Å². The lowest BCUT2D eigenvalue weighted by atomic mass is 10.1. The minimum Gasteiger partial charge on any atom is -0.454 e. The highest BCUT2D eigenvalue weighted by molar-refractivity contribution is 5.78. The zero-order valence-electron chi connectivity index (χ0n) is 15.7. The van der Waals surface area contributed by atoms with Gasteiger partial charge in [-0.25, -0.2) is 4.39 Å². The van der Waals surface area contributed by atoms with Gasteiger partial charge in [0.15, 0.2) is 11.5 Å². The average molecular weight is 386 g/mol. The lowest BCUT2D eigenvalue weighted by molar-refractivity contribution is -0.130. The third kappa shape index (κ3) is 5.22. The molecule has 0 fully saturated rings. The molecule has 6 nitrogen and oxygen atoms in total. The van der Waals surface area contributed by atoms with Crippen LogP contribution in [0, 0.1) is 5.82 Å². The molecule has 0 spiro atoms. The smallest absolute Gasteiger partial charge is 0.231 e. The summed E-state index contributed by atoms with van der Waals surface area (Å²) in [6.45, 7) is 2.71. The van der Waals surface area contributed by atoms with E-state index in [0.29, 0.717) is 43.1 Å². The number of benzene rings is 2. The molecule has 0 saturated carbocycles. The fraction of sp³-hybridized carbons (Fsp3) is 0.333. The van der Waals surface area contributed by atoms with Crippen LogP contribution in [0.4, 0.5) is 4.39 Å². The molecule has 148 valence electrons. The Morgan fingerprint density at radius 2 is 1.93 bits per heavy atom. The number of ether oxygens (including phenoxy) is 2. The van der Waals surface area contributed by atoms with Crippen LogP contribution in [-0.2, 0) is 22.6 Å². The van der Waals surface area contributed by atoms with Crippen molar-refractivity contribution in [2.24, 2.45) is 0 Å². The van der Waals surface area contributed by atoms with Gasteiger partial charge in [0.2, 0.25) is 18.6 Å². The second-order valence-corrected chi connectivity index (χ2v) is 6.57. The number of carbonyl (C=O) groups is 2. The highest BCUT2D eigenvalue weighted by atomic mass is 19.1. The number of rotatable bonds is 8. The topological polar surface area (TPSA) is 67.9 Å². The number of hydrogen-bond donors (Lipinski definition) is 1. The van der Waals surface area contributed by atoms with Gasteiger partial charge in [0.1, 0.15) is 5.82 Å². The molecule has 2 amide bonds. The SMILES string of the molecule is CC(=O)N(CCC(=O)NCCc1ccccc1F)Cc1ccc2c(c1)OCO2. The van der Waals surface area contributed by atoms with E-state index in [1.165, 1.54) is 13.0 Å². The van der Waals surface area contributed by atoms with Gasteiger partial charge in [0.05, 0.1) is 0 Å². The predicted molar refractivity (Wildman–Crippen MR) is 101 cm³/mol. The lowest BCUT2D eigenvalue weighted by Gasteiger charge is -2.21. The zero-order chi connectivity index (χ0) is 19.9. The van der Waals surface area contributed by atoms with Gasteiger partial charge in [-0.15, -0.1) is 0 Å². The van der Waals surface area contributed by atoms with Crippen molar-refractivity contribution in [3.63, 3.8) is 0 Å². The molecule has 3 rings (SSSR count). The molecule has 0 radical (unpaired) electrons. The van der Waals surface area contributed by atoms with Crippen LogP contribution in [0.25, 0.3) is 0 Å². The van der Waals surface area contributed by atoms with Gasteiger partial charge in [0, 0.05) is 33.0 Å². The number of nitrogens with zero attached hydrogens (tertiary/aromatic N) is 1. The summed E-state index contributed by atoms with van der Waals surface area (Å²) in [5.74, 6) is 0.785. The van der Waals surface area contributed by atoms with Crippen molar-refractivity contribution < 1.29 is 23.5 Å². The Balaban J connectivity index is 1.46. The van der Waals surface area contributed by atoms with E-state index >= 15 is 0 Å². The van der Waals surface area contributed by atoms with Crippen molar-refractivity contribution in [2.75, 3.05) is 19.9 Å². The first-order valence-electron chi connectivity index (χ1n) is 9.17. The molecule has 7 heteroatoms. The molecule has 0 saturated heterocycles. The molecule has 0 aliphatic carbocycles. The van der Waals surface area contributed by atoms with Crippen molar-refractivity contribution in [1.29, 1.82) is 0 Å². The van der Waals surface area contributed by atoms with E-state index in [4.69, 9.17) is 9.47 Å². The fourth-order valence-electron chi connectivity index (χ4n) is 2.97. The maximum atomic E-state index is 13.6. The van der Waals surface area contributed by atoms with Crippen LogP contribution < -0.4 is 14.8 Å². The van der Waals surface area contributed by atoms with E-state index in [2.05, 4.69) is 5.32 Å². The molecular formula is C21H23FN2O4. The molecule has 28 heavy (non-hydrogen) atoms. The van der Waals surface area contributed by atoms with E-state index in [1.807, 2.05) is 18.2 Å². The zero-order valence-corrected chi connectivity index (χ0v) is 15.7. The second kappa shape index (κ2) is 9.21. The summed E-state index contributed by atoms with van der Waals surface area (Å²) < 4.78 is 24.2. The van der Waals surface area contributed by atoms with Crippen molar-refractivity contribution in [3.8, 4) is 11.5 Å². The Bertz CT molecular complexity index is 856. The third-order valence-electron chi connectivity index (χ3n) is 4.54. The molecule has 2 aromatic carbocycles. The van der Waals surface area contributed by atoms with Crippen LogP contribution in [0.5, 0.6) is 11.5 Å². The fourth-order valence-corrected chi connectivity index (χ4v) is 2.97. The van der Waals surface area contributed by atoms with Crippen LogP contribution in [0.1, 0.15) is 24.5 Å². The van der Waals surface area contributed by atoms with Gasteiger partial charge in [-0.05, 0) is 35.7 Å². The van der Waals surface area contributed by atoms with E-state index in [1.54, 1.807) is 23.1 Å². The molecule has 0 aromatic heterocycles.